The van der Waals surface area contributed by atoms with E-state index >= 15 is 0 Å². The van der Waals surface area contributed by atoms with Crippen LogP contribution in [0.15, 0.2) is 72.8 Å². The first-order valence-corrected chi connectivity index (χ1v) is 13.3. The number of anilines is 2. The minimum absolute atomic E-state index is 0.204. The number of rotatable bonds is 7. The van der Waals surface area contributed by atoms with Gasteiger partial charge in [-0.25, -0.2) is 0 Å². The monoisotopic (exact) mass is 495 g/mol. The third-order valence-electron chi connectivity index (χ3n) is 8.52. The maximum Gasteiger partial charge on any atom is 0.255 e. The number of para-hydroxylation sites is 1. The zero-order valence-electron chi connectivity index (χ0n) is 21.1. The number of amides is 2. The molecule has 0 radical (unpaired) electrons. The number of fused-ring (bicyclic) bond motifs is 7. The predicted molar refractivity (Wildman–Crippen MR) is 145 cm³/mol. The Morgan fingerprint density at radius 1 is 0.946 bits per heavy atom. The SMILES string of the molecule is COCCNC(=O)c1ccccc1NC(=O)c1ccc2c(c1)[C@H]1[C@@H]3CC[C@@H](C3)[C@@H]1[C@H](c1ccccc1)N2. The van der Waals surface area contributed by atoms with Gasteiger partial charge in [-0.1, -0.05) is 42.5 Å². The van der Waals surface area contributed by atoms with E-state index in [0.717, 1.165) is 11.6 Å². The van der Waals surface area contributed by atoms with Crippen molar-refractivity contribution < 1.29 is 14.3 Å². The Hall–Kier alpha value is -3.64. The molecule has 0 unspecified atom stereocenters. The van der Waals surface area contributed by atoms with Gasteiger partial charge in [0.05, 0.1) is 23.9 Å². The van der Waals surface area contributed by atoms with Crippen LogP contribution in [0.25, 0.3) is 0 Å². The Morgan fingerprint density at radius 3 is 2.57 bits per heavy atom. The van der Waals surface area contributed by atoms with E-state index in [1.54, 1.807) is 25.3 Å². The van der Waals surface area contributed by atoms with Crippen LogP contribution in [-0.4, -0.2) is 32.1 Å². The lowest BCUT2D eigenvalue weighted by atomic mass is 9.68. The van der Waals surface area contributed by atoms with Gasteiger partial charge in [-0.15, -0.1) is 0 Å². The van der Waals surface area contributed by atoms with E-state index in [2.05, 4.69) is 58.4 Å². The molecule has 3 N–H and O–H groups in total. The van der Waals surface area contributed by atoms with Crippen LogP contribution in [-0.2, 0) is 4.74 Å². The van der Waals surface area contributed by atoms with Crippen molar-refractivity contribution in [2.24, 2.45) is 17.8 Å². The van der Waals surface area contributed by atoms with E-state index in [1.807, 2.05) is 12.1 Å². The molecule has 0 spiro atoms. The van der Waals surface area contributed by atoms with Gasteiger partial charge in [0.15, 0.2) is 0 Å². The van der Waals surface area contributed by atoms with Gasteiger partial charge in [-0.05, 0) is 84.4 Å². The Labute approximate surface area is 217 Å². The molecule has 0 saturated heterocycles. The standard InChI is InChI=1S/C31H33N3O3/c1-37-16-15-32-31(36)23-9-5-6-10-25(23)34-30(35)22-13-14-26-24(18-22)27-20-11-12-21(17-20)28(27)29(33-26)19-7-3-2-4-8-19/h2-10,13-14,18,20-21,27-29,33H,11-12,15-17H2,1H3,(H,32,36)(H,34,35)/t20-,21+,27-,28+,29+/m1/s1. The summed E-state index contributed by atoms with van der Waals surface area (Å²) in [6.45, 7) is 0.836. The number of ether oxygens (including phenoxy) is 1. The quantitative estimate of drug-likeness (QED) is 0.372. The molecule has 3 aliphatic rings. The molecule has 5 atom stereocenters. The molecular formula is C31H33N3O3. The van der Waals surface area contributed by atoms with Gasteiger partial charge in [0.2, 0.25) is 0 Å². The number of hydrogen-bond acceptors (Lipinski definition) is 4. The van der Waals surface area contributed by atoms with Crippen LogP contribution in [0.1, 0.15) is 63.1 Å². The van der Waals surface area contributed by atoms with Crippen molar-refractivity contribution >= 4 is 23.2 Å². The molecule has 1 aliphatic heterocycles. The fourth-order valence-electron chi connectivity index (χ4n) is 6.96. The van der Waals surface area contributed by atoms with E-state index in [0.29, 0.717) is 53.8 Å². The average Bonchev–Trinajstić information content (AvgIpc) is 3.56. The summed E-state index contributed by atoms with van der Waals surface area (Å²) in [5.74, 6) is 1.97. The Morgan fingerprint density at radius 2 is 1.73 bits per heavy atom. The second-order valence-corrected chi connectivity index (χ2v) is 10.5. The highest BCUT2D eigenvalue weighted by Gasteiger charge is 2.53. The third kappa shape index (κ3) is 4.40. The fourth-order valence-corrected chi connectivity index (χ4v) is 6.96. The van der Waals surface area contributed by atoms with Crippen molar-refractivity contribution in [1.82, 2.24) is 5.32 Å². The molecular weight excluding hydrogens is 462 g/mol. The van der Waals surface area contributed by atoms with Crippen molar-refractivity contribution in [2.45, 2.75) is 31.2 Å². The zero-order chi connectivity index (χ0) is 25.4. The van der Waals surface area contributed by atoms with Crippen LogP contribution in [0, 0.1) is 17.8 Å². The van der Waals surface area contributed by atoms with E-state index in [4.69, 9.17) is 4.74 Å². The molecule has 2 bridgehead atoms. The predicted octanol–water partition coefficient (Wildman–Crippen LogP) is 5.61. The molecule has 0 aromatic heterocycles. The van der Waals surface area contributed by atoms with E-state index in [1.165, 1.54) is 30.4 Å². The summed E-state index contributed by atoms with van der Waals surface area (Å²) in [5, 5.41) is 9.65. The number of benzene rings is 3. The number of carbonyl (C=O) groups is 2. The van der Waals surface area contributed by atoms with Crippen molar-refractivity contribution in [3.63, 3.8) is 0 Å². The Bertz CT molecular complexity index is 1310. The molecule has 6 heteroatoms. The zero-order valence-corrected chi connectivity index (χ0v) is 21.1. The van der Waals surface area contributed by atoms with Gasteiger partial charge in [0.1, 0.15) is 0 Å². The summed E-state index contributed by atoms with van der Waals surface area (Å²) in [5.41, 5.74) is 5.30. The first kappa shape index (κ1) is 23.7. The number of methoxy groups -OCH3 is 1. The normalized spacial score (nSPS) is 25.1. The van der Waals surface area contributed by atoms with Crippen LogP contribution in [0.5, 0.6) is 0 Å². The van der Waals surface area contributed by atoms with E-state index < -0.39 is 0 Å². The van der Waals surface area contributed by atoms with E-state index in [9.17, 15) is 9.59 Å². The Balaban J connectivity index is 1.27. The van der Waals surface area contributed by atoms with Crippen molar-refractivity contribution in [1.29, 1.82) is 0 Å². The molecule has 3 aromatic carbocycles. The van der Waals surface area contributed by atoms with Crippen LogP contribution >= 0.6 is 0 Å². The van der Waals surface area contributed by atoms with Crippen molar-refractivity contribution in [3.05, 3.63) is 95.1 Å². The third-order valence-corrected chi connectivity index (χ3v) is 8.52. The van der Waals surface area contributed by atoms with Gasteiger partial charge in [-0.3, -0.25) is 9.59 Å². The molecule has 3 aromatic rings. The number of nitrogens with one attached hydrogen (secondary N) is 3. The smallest absolute Gasteiger partial charge is 0.255 e. The molecule has 2 amide bonds. The van der Waals surface area contributed by atoms with E-state index in [-0.39, 0.29) is 11.8 Å². The molecule has 2 aliphatic carbocycles. The second-order valence-electron chi connectivity index (χ2n) is 10.5. The molecule has 6 rings (SSSR count). The molecule has 1 heterocycles. The molecule has 2 fully saturated rings. The summed E-state index contributed by atoms with van der Waals surface area (Å²) in [4.78, 5) is 26.1. The lowest BCUT2D eigenvalue weighted by Gasteiger charge is -2.43. The largest absolute Gasteiger partial charge is 0.383 e. The number of carbonyl (C=O) groups excluding carboxylic acids is 2. The molecule has 190 valence electrons. The minimum atomic E-state index is -0.237. The second kappa shape index (κ2) is 10.0. The van der Waals surface area contributed by atoms with Gasteiger partial charge < -0.3 is 20.7 Å². The minimum Gasteiger partial charge on any atom is -0.383 e. The van der Waals surface area contributed by atoms with Crippen LogP contribution < -0.4 is 16.0 Å². The van der Waals surface area contributed by atoms with Crippen LogP contribution in [0.3, 0.4) is 0 Å². The fraction of sp³-hybridized carbons (Fsp3) is 0.355. The number of hydrogen-bond donors (Lipinski definition) is 3. The highest BCUT2D eigenvalue weighted by molar-refractivity contribution is 6.09. The maximum atomic E-state index is 13.4. The first-order chi connectivity index (χ1) is 18.1. The average molecular weight is 496 g/mol. The summed E-state index contributed by atoms with van der Waals surface area (Å²) < 4.78 is 5.02. The Kier molecular flexibility index (Phi) is 6.43. The summed E-state index contributed by atoms with van der Waals surface area (Å²) in [6, 6.07) is 24.2. The summed E-state index contributed by atoms with van der Waals surface area (Å²) in [7, 11) is 1.59. The highest BCUT2D eigenvalue weighted by Crippen LogP contribution is 2.63. The lowest BCUT2D eigenvalue weighted by molar-refractivity contribution is 0.0938. The van der Waals surface area contributed by atoms with Crippen LogP contribution in [0.2, 0.25) is 0 Å². The van der Waals surface area contributed by atoms with Gasteiger partial charge in [-0.2, -0.15) is 0 Å². The van der Waals surface area contributed by atoms with Gasteiger partial charge >= 0.3 is 0 Å². The topological polar surface area (TPSA) is 79.5 Å². The van der Waals surface area contributed by atoms with Crippen LogP contribution in [0.4, 0.5) is 11.4 Å². The lowest BCUT2D eigenvalue weighted by Crippen LogP contribution is -2.35. The van der Waals surface area contributed by atoms with Gasteiger partial charge in [0, 0.05) is 24.9 Å². The van der Waals surface area contributed by atoms with Crippen molar-refractivity contribution in [3.8, 4) is 0 Å². The first-order valence-electron chi connectivity index (χ1n) is 13.3. The summed E-state index contributed by atoms with van der Waals surface area (Å²) in [6.07, 6.45) is 3.85. The maximum absolute atomic E-state index is 13.4. The van der Waals surface area contributed by atoms with Crippen molar-refractivity contribution in [2.75, 3.05) is 30.9 Å². The molecule has 37 heavy (non-hydrogen) atoms. The summed E-state index contributed by atoms with van der Waals surface area (Å²) >= 11 is 0. The van der Waals surface area contributed by atoms with Gasteiger partial charge in [0.25, 0.3) is 11.8 Å². The molecule has 2 saturated carbocycles. The molecule has 6 nitrogen and oxygen atoms in total. The highest BCUT2D eigenvalue weighted by atomic mass is 16.5.